The molecule has 2 aromatic rings. The van der Waals surface area contributed by atoms with Gasteiger partial charge in [0.15, 0.2) is 0 Å². The lowest BCUT2D eigenvalue weighted by Gasteiger charge is -1.96. The van der Waals surface area contributed by atoms with Crippen molar-refractivity contribution >= 4 is 18.6 Å². The number of thiol groups is 1. The molecule has 74 valence electrons. The molecular formula is C8H9N3O2S. The highest BCUT2D eigenvalue weighted by atomic mass is 32.1. The molecule has 0 radical (unpaired) electrons. The molecule has 0 bridgehead atoms. The number of anilines is 1. The largest absolute Gasteiger partial charge is 0.412 e. The van der Waals surface area contributed by atoms with Gasteiger partial charge in [-0.2, -0.15) is 0 Å². The Balaban J connectivity index is 0.000000980. The van der Waals surface area contributed by atoms with Gasteiger partial charge in [0, 0.05) is 4.90 Å². The summed E-state index contributed by atoms with van der Waals surface area (Å²) in [7, 11) is 0. The highest BCUT2D eigenvalue weighted by Crippen LogP contribution is 2.24. The van der Waals surface area contributed by atoms with Crippen LogP contribution in [-0.4, -0.2) is 15.7 Å². The molecule has 0 atom stereocenters. The number of hydrogen-bond acceptors (Lipinski definition) is 5. The molecule has 0 fully saturated rings. The smallest absolute Gasteiger partial charge is 0.313 e. The van der Waals surface area contributed by atoms with E-state index in [-0.39, 0.29) is 11.5 Å². The number of rotatable bonds is 1. The first-order valence-electron chi connectivity index (χ1n) is 3.65. The Morgan fingerprint density at radius 2 is 1.93 bits per heavy atom. The molecule has 0 saturated heterocycles. The molecule has 0 unspecified atom stereocenters. The maximum Gasteiger partial charge on any atom is 0.313 e. The van der Waals surface area contributed by atoms with E-state index in [0.29, 0.717) is 5.89 Å². The number of nitrogen functional groups attached to an aromatic ring is 1. The summed E-state index contributed by atoms with van der Waals surface area (Å²) >= 11 is 4.25. The van der Waals surface area contributed by atoms with Gasteiger partial charge < -0.3 is 15.6 Å². The molecule has 0 amide bonds. The molecule has 1 heterocycles. The van der Waals surface area contributed by atoms with Crippen LogP contribution >= 0.6 is 12.6 Å². The van der Waals surface area contributed by atoms with E-state index >= 15 is 0 Å². The predicted molar refractivity (Wildman–Crippen MR) is 55.0 cm³/mol. The topological polar surface area (TPSA) is 96.4 Å². The van der Waals surface area contributed by atoms with Gasteiger partial charge in [0.1, 0.15) is 0 Å². The zero-order valence-corrected chi connectivity index (χ0v) is 8.03. The van der Waals surface area contributed by atoms with Crippen LogP contribution in [0.25, 0.3) is 11.5 Å². The van der Waals surface area contributed by atoms with E-state index in [9.17, 15) is 0 Å². The zero-order chi connectivity index (χ0) is 9.26. The van der Waals surface area contributed by atoms with E-state index in [1.165, 1.54) is 0 Å². The van der Waals surface area contributed by atoms with Crippen LogP contribution in [0.15, 0.2) is 33.6 Å². The maximum absolute atomic E-state index is 5.30. The molecule has 14 heavy (non-hydrogen) atoms. The van der Waals surface area contributed by atoms with Crippen molar-refractivity contribution in [1.82, 2.24) is 10.2 Å². The van der Waals surface area contributed by atoms with E-state index in [4.69, 9.17) is 10.2 Å². The van der Waals surface area contributed by atoms with Crippen LogP contribution in [0.5, 0.6) is 0 Å². The highest BCUT2D eigenvalue weighted by molar-refractivity contribution is 7.80. The van der Waals surface area contributed by atoms with Crippen LogP contribution in [0.4, 0.5) is 6.01 Å². The van der Waals surface area contributed by atoms with Gasteiger partial charge in [0.2, 0.25) is 0 Å². The lowest BCUT2D eigenvalue weighted by atomic mass is 10.2. The molecule has 0 spiro atoms. The molecule has 0 aliphatic carbocycles. The standard InChI is InChI=1S/C8H7N3OS.H2O/c9-8-11-10-7(12-8)5-3-1-2-4-6(5)13;/h1-4,13H,(H2,9,11);1H2. The van der Waals surface area contributed by atoms with Crippen molar-refractivity contribution in [3.8, 4) is 11.5 Å². The summed E-state index contributed by atoms with van der Waals surface area (Å²) in [6, 6.07) is 7.50. The Kier molecular flexibility index (Phi) is 3.10. The Hall–Kier alpha value is -1.53. The minimum absolute atomic E-state index is 0. The van der Waals surface area contributed by atoms with Gasteiger partial charge in [-0.3, -0.25) is 0 Å². The van der Waals surface area contributed by atoms with Crippen LogP contribution in [0.2, 0.25) is 0 Å². The third-order valence-corrected chi connectivity index (χ3v) is 1.97. The van der Waals surface area contributed by atoms with Gasteiger partial charge in [0.05, 0.1) is 5.56 Å². The minimum Gasteiger partial charge on any atom is -0.412 e. The minimum atomic E-state index is 0. The zero-order valence-electron chi connectivity index (χ0n) is 7.14. The average Bonchev–Trinajstić information content (AvgIpc) is 2.53. The fraction of sp³-hybridized carbons (Fsp3) is 0. The maximum atomic E-state index is 5.30. The van der Waals surface area contributed by atoms with Gasteiger partial charge in [-0.25, -0.2) is 0 Å². The first-order chi connectivity index (χ1) is 6.27. The molecule has 1 aromatic carbocycles. The summed E-state index contributed by atoms with van der Waals surface area (Å²) in [6.45, 7) is 0. The van der Waals surface area contributed by atoms with Crippen LogP contribution in [0.1, 0.15) is 0 Å². The lowest BCUT2D eigenvalue weighted by molar-refractivity contribution is 0.589. The third-order valence-electron chi connectivity index (χ3n) is 1.58. The van der Waals surface area contributed by atoms with Gasteiger partial charge >= 0.3 is 6.01 Å². The molecule has 0 aliphatic heterocycles. The highest BCUT2D eigenvalue weighted by Gasteiger charge is 2.08. The van der Waals surface area contributed by atoms with E-state index in [2.05, 4.69) is 22.8 Å². The van der Waals surface area contributed by atoms with E-state index in [1.807, 2.05) is 24.3 Å². The van der Waals surface area contributed by atoms with Crippen molar-refractivity contribution in [3.05, 3.63) is 24.3 Å². The molecule has 4 N–H and O–H groups in total. The number of nitrogens with zero attached hydrogens (tertiary/aromatic N) is 2. The summed E-state index contributed by atoms with van der Waals surface area (Å²) in [4.78, 5) is 0.783. The SMILES string of the molecule is Nc1nnc(-c2ccccc2S)o1.O. The second-order valence-electron chi connectivity index (χ2n) is 2.46. The fourth-order valence-corrected chi connectivity index (χ4v) is 1.25. The number of hydrogen-bond donors (Lipinski definition) is 2. The molecule has 5 nitrogen and oxygen atoms in total. The Labute approximate surface area is 85.7 Å². The van der Waals surface area contributed by atoms with Crippen molar-refractivity contribution in [2.24, 2.45) is 0 Å². The molecule has 2 rings (SSSR count). The summed E-state index contributed by atoms with van der Waals surface area (Å²) in [5.74, 6) is 0.392. The molecule has 0 aliphatic rings. The van der Waals surface area contributed by atoms with Crippen molar-refractivity contribution in [2.45, 2.75) is 4.90 Å². The van der Waals surface area contributed by atoms with Crippen LogP contribution in [0.3, 0.4) is 0 Å². The van der Waals surface area contributed by atoms with Gasteiger partial charge in [-0.1, -0.05) is 17.2 Å². The number of benzene rings is 1. The van der Waals surface area contributed by atoms with E-state index in [1.54, 1.807) is 0 Å². The Morgan fingerprint density at radius 3 is 2.50 bits per heavy atom. The van der Waals surface area contributed by atoms with Crippen LogP contribution in [-0.2, 0) is 0 Å². The molecule has 1 aromatic heterocycles. The predicted octanol–water partition coefficient (Wildman–Crippen LogP) is 0.783. The van der Waals surface area contributed by atoms with Crippen molar-refractivity contribution in [2.75, 3.05) is 5.73 Å². The first kappa shape index (κ1) is 10.6. The first-order valence-corrected chi connectivity index (χ1v) is 4.09. The van der Waals surface area contributed by atoms with E-state index in [0.717, 1.165) is 10.5 Å². The monoisotopic (exact) mass is 211 g/mol. The fourth-order valence-electron chi connectivity index (χ4n) is 0.998. The van der Waals surface area contributed by atoms with Gasteiger partial charge in [-0.15, -0.1) is 17.7 Å². The number of aromatic nitrogens is 2. The Morgan fingerprint density at radius 1 is 1.21 bits per heavy atom. The second kappa shape index (κ2) is 4.12. The summed E-state index contributed by atoms with van der Waals surface area (Å²) in [5.41, 5.74) is 6.09. The second-order valence-corrected chi connectivity index (χ2v) is 2.94. The molecule has 0 saturated carbocycles. The lowest BCUT2D eigenvalue weighted by Crippen LogP contribution is -1.81. The van der Waals surface area contributed by atoms with Crippen molar-refractivity contribution in [3.63, 3.8) is 0 Å². The van der Waals surface area contributed by atoms with Gasteiger partial charge in [0.25, 0.3) is 5.89 Å². The van der Waals surface area contributed by atoms with Gasteiger partial charge in [-0.05, 0) is 12.1 Å². The summed E-state index contributed by atoms with van der Waals surface area (Å²) in [6.07, 6.45) is 0. The van der Waals surface area contributed by atoms with Crippen LogP contribution < -0.4 is 5.73 Å². The quantitative estimate of drug-likeness (QED) is 0.681. The van der Waals surface area contributed by atoms with Crippen LogP contribution in [0, 0.1) is 0 Å². The number of nitrogens with two attached hydrogens (primary N) is 1. The van der Waals surface area contributed by atoms with Crippen molar-refractivity contribution in [1.29, 1.82) is 0 Å². The molecular weight excluding hydrogens is 202 g/mol. The summed E-state index contributed by atoms with van der Waals surface area (Å²) in [5, 5.41) is 7.32. The normalized spacial score (nSPS) is 9.50. The summed E-state index contributed by atoms with van der Waals surface area (Å²) < 4.78 is 5.06. The van der Waals surface area contributed by atoms with E-state index < -0.39 is 0 Å². The average molecular weight is 211 g/mol. The van der Waals surface area contributed by atoms with Crippen molar-refractivity contribution < 1.29 is 9.89 Å². The Bertz CT molecular complexity index is 430. The third kappa shape index (κ3) is 1.86. The molecule has 6 heteroatoms.